The first kappa shape index (κ1) is 13.3. The maximum atomic E-state index is 11.4. The largest absolute Gasteiger partial charge is 0.444 e. The smallest absolute Gasteiger partial charge is 0.407 e. The highest BCUT2D eigenvalue weighted by atomic mass is 16.6. The van der Waals surface area contributed by atoms with Gasteiger partial charge in [-0.25, -0.2) is 4.79 Å². The summed E-state index contributed by atoms with van der Waals surface area (Å²) in [6, 6.07) is 0. The second kappa shape index (κ2) is 5.55. The van der Waals surface area contributed by atoms with Crippen LogP contribution in [0.4, 0.5) is 4.79 Å². The van der Waals surface area contributed by atoms with E-state index in [4.69, 9.17) is 4.74 Å². The minimum atomic E-state index is -0.399. The van der Waals surface area contributed by atoms with Crippen molar-refractivity contribution in [3.05, 3.63) is 0 Å². The van der Waals surface area contributed by atoms with Crippen molar-refractivity contribution in [3.63, 3.8) is 0 Å². The molecule has 0 radical (unpaired) electrons. The quantitative estimate of drug-likeness (QED) is 0.785. The van der Waals surface area contributed by atoms with Crippen LogP contribution >= 0.6 is 0 Å². The Morgan fingerprint density at radius 1 is 1.38 bits per heavy atom. The van der Waals surface area contributed by atoms with Crippen LogP contribution < -0.4 is 5.32 Å². The number of carbonyl (C=O) groups is 1. The molecular formula is C13H25NO2. The molecule has 0 aromatic rings. The molecule has 0 aliphatic heterocycles. The molecule has 0 saturated heterocycles. The van der Waals surface area contributed by atoms with Crippen molar-refractivity contribution >= 4 is 6.09 Å². The van der Waals surface area contributed by atoms with Crippen LogP contribution in [0.5, 0.6) is 0 Å². The molecule has 0 aromatic heterocycles. The van der Waals surface area contributed by atoms with Crippen LogP contribution in [0.25, 0.3) is 0 Å². The number of ether oxygens (including phenoxy) is 1. The number of carbonyl (C=O) groups excluding carboxylic acids is 1. The average Bonchev–Trinajstić information content (AvgIpc) is 2.12. The topological polar surface area (TPSA) is 38.3 Å². The van der Waals surface area contributed by atoms with E-state index in [1.54, 1.807) is 0 Å². The minimum absolute atomic E-state index is 0.286. The van der Waals surface area contributed by atoms with Crippen molar-refractivity contribution < 1.29 is 9.53 Å². The number of hydrogen-bond donors (Lipinski definition) is 1. The zero-order valence-corrected chi connectivity index (χ0v) is 11.0. The molecule has 0 bridgehead atoms. The fraction of sp³-hybridized carbons (Fsp3) is 0.923. The summed E-state index contributed by atoms with van der Waals surface area (Å²) in [5, 5.41) is 2.87. The van der Waals surface area contributed by atoms with Crippen LogP contribution in [0.3, 0.4) is 0 Å². The van der Waals surface area contributed by atoms with E-state index in [0.717, 1.165) is 12.5 Å². The standard InChI is InChI=1S/C13H25NO2/c1-10-6-5-7-11(8-10)9-14-12(15)16-13(2,3)4/h10-11H,5-9H2,1-4H3,(H,14,15). The SMILES string of the molecule is CC1CCCC(CNC(=O)OC(C)(C)C)C1. The third-order valence-electron chi connectivity index (χ3n) is 2.98. The normalized spacial score (nSPS) is 26.2. The van der Waals surface area contributed by atoms with Gasteiger partial charge in [0.15, 0.2) is 0 Å². The van der Waals surface area contributed by atoms with Gasteiger partial charge in [-0.1, -0.05) is 19.8 Å². The summed E-state index contributed by atoms with van der Waals surface area (Å²) in [6.07, 6.45) is 4.81. The van der Waals surface area contributed by atoms with Gasteiger partial charge in [0.2, 0.25) is 0 Å². The molecule has 1 N–H and O–H groups in total. The Morgan fingerprint density at radius 3 is 2.62 bits per heavy atom. The van der Waals surface area contributed by atoms with Gasteiger partial charge in [-0.05, 0) is 45.4 Å². The van der Waals surface area contributed by atoms with Crippen LogP contribution in [0.2, 0.25) is 0 Å². The van der Waals surface area contributed by atoms with Gasteiger partial charge in [0.25, 0.3) is 0 Å². The van der Waals surface area contributed by atoms with Crippen LogP contribution in [-0.4, -0.2) is 18.2 Å². The summed E-state index contributed by atoms with van der Waals surface area (Å²) in [5.74, 6) is 1.44. The summed E-state index contributed by atoms with van der Waals surface area (Å²) in [6.45, 7) is 8.71. The van der Waals surface area contributed by atoms with Crippen molar-refractivity contribution in [2.24, 2.45) is 11.8 Å². The molecule has 0 aromatic carbocycles. The van der Waals surface area contributed by atoms with Gasteiger partial charge in [-0.2, -0.15) is 0 Å². The maximum Gasteiger partial charge on any atom is 0.407 e. The van der Waals surface area contributed by atoms with Gasteiger partial charge in [0.1, 0.15) is 5.60 Å². The van der Waals surface area contributed by atoms with E-state index in [-0.39, 0.29) is 6.09 Å². The van der Waals surface area contributed by atoms with E-state index in [9.17, 15) is 4.79 Å². The molecule has 1 amide bonds. The first-order valence-electron chi connectivity index (χ1n) is 6.33. The second-order valence-corrected chi connectivity index (χ2v) is 6.02. The molecule has 94 valence electrons. The molecule has 3 heteroatoms. The van der Waals surface area contributed by atoms with Crippen molar-refractivity contribution in [2.75, 3.05) is 6.54 Å². The van der Waals surface area contributed by atoms with Gasteiger partial charge >= 0.3 is 6.09 Å². The summed E-state index contributed by atoms with van der Waals surface area (Å²) < 4.78 is 5.21. The van der Waals surface area contributed by atoms with E-state index >= 15 is 0 Å². The van der Waals surface area contributed by atoms with Crippen LogP contribution in [0.15, 0.2) is 0 Å². The van der Waals surface area contributed by atoms with Crippen molar-refractivity contribution in [1.82, 2.24) is 5.32 Å². The lowest BCUT2D eigenvalue weighted by Crippen LogP contribution is -2.36. The molecule has 1 aliphatic rings. The molecule has 16 heavy (non-hydrogen) atoms. The highest BCUT2D eigenvalue weighted by Gasteiger charge is 2.21. The van der Waals surface area contributed by atoms with E-state index in [0.29, 0.717) is 5.92 Å². The Labute approximate surface area is 98.9 Å². The Balaban J connectivity index is 2.21. The number of nitrogens with one attached hydrogen (secondary N) is 1. The van der Waals surface area contributed by atoms with Gasteiger partial charge in [0.05, 0.1) is 0 Å². The van der Waals surface area contributed by atoms with Crippen LogP contribution in [0.1, 0.15) is 53.4 Å². The number of hydrogen-bond acceptors (Lipinski definition) is 2. The second-order valence-electron chi connectivity index (χ2n) is 6.02. The summed E-state index contributed by atoms with van der Waals surface area (Å²) in [5.41, 5.74) is -0.399. The first-order valence-corrected chi connectivity index (χ1v) is 6.33. The van der Waals surface area contributed by atoms with E-state index in [1.165, 1.54) is 25.7 Å². The number of rotatable bonds is 2. The maximum absolute atomic E-state index is 11.4. The van der Waals surface area contributed by atoms with E-state index in [2.05, 4.69) is 12.2 Å². The van der Waals surface area contributed by atoms with Gasteiger partial charge in [-0.15, -0.1) is 0 Å². The molecule has 1 fully saturated rings. The molecule has 0 spiro atoms. The predicted octanol–water partition coefficient (Wildman–Crippen LogP) is 3.34. The molecule has 2 atom stereocenters. The highest BCUT2D eigenvalue weighted by Crippen LogP contribution is 2.27. The van der Waals surface area contributed by atoms with E-state index in [1.807, 2.05) is 20.8 Å². The summed E-state index contributed by atoms with van der Waals surface area (Å²) in [4.78, 5) is 11.4. The third-order valence-corrected chi connectivity index (χ3v) is 2.98. The lowest BCUT2D eigenvalue weighted by atomic mass is 9.82. The zero-order chi connectivity index (χ0) is 12.2. The fourth-order valence-electron chi connectivity index (χ4n) is 2.29. The molecule has 3 nitrogen and oxygen atoms in total. The Bertz CT molecular complexity index is 233. The average molecular weight is 227 g/mol. The van der Waals surface area contributed by atoms with Gasteiger partial charge < -0.3 is 10.1 Å². The number of alkyl carbamates (subject to hydrolysis) is 1. The first-order chi connectivity index (χ1) is 7.37. The van der Waals surface area contributed by atoms with Crippen molar-refractivity contribution in [3.8, 4) is 0 Å². The van der Waals surface area contributed by atoms with E-state index < -0.39 is 5.60 Å². The Hall–Kier alpha value is -0.730. The third kappa shape index (κ3) is 5.38. The van der Waals surface area contributed by atoms with Crippen molar-refractivity contribution in [2.45, 2.75) is 59.0 Å². The number of amides is 1. The lowest BCUT2D eigenvalue weighted by molar-refractivity contribution is 0.0512. The predicted molar refractivity (Wildman–Crippen MR) is 65.4 cm³/mol. The molecule has 1 rings (SSSR count). The Kier molecular flexibility index (Phi) is 4.63. The summed E-state index contributed by atoms with van der Waals surface area (Å²) >= 11 is 0. The summed E-state index contributed by atoms with van der Waals surface area (Å²) in [7, 11) is 0. The molecular weight excluding hydrogens is 202 g/mol. The zero-order valence-electron chi connectivity index (χ0n) is 11.0. The van der Waals surface area contributed by atoms with Gasteiger partial charge in [-0.3, -0.25) is 0 Å². The molecule has 0 heterocycles. The van der Waals surface area contributed by atoms with Crippen LogP contribution in [0, 0.1) is 11.8 Å². The monoisotopic (exact) mass is 227 g/mol. The molecule has 1 saturated carbocycles. The van der Waals surface area contributed by atoms with Crippen LogP contribution in [-0.2, 0) is 4.74 Å². The minimum Gasteiger partial charge on any atom is -0.444 e. The van der Waals surface area contributed by atoms with Crippen molar-refractivity contribution in [1.29, 1.82) is 0 Å². The van der Waals surface area contributed by atoms with Gasteiger partial charge in [0, 0.05) is 6.54 Å². The Morgan fingerprint density at radius 2 is 2.06 bits per heavy atom. The highest BCUT2D eigenvalue weighted by molar-refractivity contribution is 5.67. The lowest BCUT2D eigenvalue weighted by Gasteiger charge is -2.27. The molecule has 1 aliphatic carbocycles. The fourth-order valence-corrected chi connectivity index (χ4v) is 2.29. The molecule has 2 unspecified atom stereocenters.